The molecule has 0 radical (unpaired) electrons. The minimum Gasteiger partial charge on any atom is -0.493 e. The number of benzene rings is 1. The van der Waals surface area contributed by atoms with E-state index in [-0.39, 0.29) is 30.7 Å². The lowest BCUT2D eigenvalue weighted by Gasteiger charge is -2.42. The number of hydrogen-bond donors (Lipinski definition) is 0. The van der Waals surface area contributed by atoms with Crippen molar-refractivity contribution in [1.82, 2.24) is 5.06 Å². The van der Waals surface area contributed by atoms with Gasteiger partial charge in [0.25, 0.3) is 17.5 Å². The van der Waals surface area contributed by atoms with E-state index in [2.05, 4.69) is 58.9 Å². The summed E-state index contributed by atoms with van der Waals surface area (Å²) in [6, 6.07) is 3.36. The highest BCUT2D eigenvalue weighted by Crippen LogP contribution is 2.35. The number of hydrogen-bond acceptors (Lipinski definition) is 11. The first-order valence-corrected chi connectivity index (χ1v) is 26.4. The van der Waals surface area contributed by atoms with Gasteiger partial charge in [0.2, 0.25) is 0 Å². The highest BCUT2D eigenvalue weighted by atomic mass is 28.5. The number of aryl methyl sites for hydroxylation is 1. The maximum atomic E-state index is 12.3. The smallest absolute Gasteiger partial charge is 0.493 e. The van der Waals surface area contributed by atoms with Crippen LogP contribution in [0.1, 0.15) is 43.4 Å². The SMILES string of the molecule is Cc1cc([N+](=O)[O-])c(C(C)OC(=O)ON2C(=O)CCC2=O)cc1OCCC[Si](O[Si](C)(C)C)(O[Si](C)(C)C)O[Si](C)(C)C. The average Bonchev–Trinajstić information content (AvgIpc) is 3.10. The van der Waals surface area contributed by atoms with E-state index in [1.165, 1.54) is 19.1 Å². The predicted octanol–water partition coefficient (Wildman–Crippen LogP) is 6.44. The Balaban J connectivity index is 2.22. The second-order valence-corrected chi connectivity index (χ2v) is 30.4. The molecule has 1 aliphatic heterocycles. The molecule has 1 heterocycles. The van der Waals surface area contributed by atoms with Gasteiger partial charge in [-0.15, -0.1) is 0 Å². The molecule has 0 N–H and O–H groups in total. The topological polar surface area (TPSA) is 153 Å². The Morgan fingerprint density at radius 1 is 0.930 bits per heavy atom. The molecule has 1 aromatic carbocycles. The Kier molecular flexibility index (Phi) is 12.1. The summed E-state index contributed by atoms with van der Waals surface area (Å²) >= 11 is 0. The van der Waals surface area contributed by atoms with E-state index in [1.54, 1.807) is 6.92 Å². The largest absolute Gasteiger partial charge is 0.534 e. The van der Waals surface area contributed by atoms with Crippen molar-refractivity contribution < 1.29 is 46.0 Å². The van der Waals surface area contributed by atoms with Crippen LogP contribution in [0.25, 0.3) is 0 Å². The molecule has 0 saturated carbocycles. The van der Waals surface area contributed by atoms with Crippen LogP contribution in [0.3, 0.4) is 0 Å². The summed E-state index contributed by atoms with van der Waals surface area (Å²) in [4.78, 5) is 51.8. The van der Waals surface area contributed by atoms with Crippen LogP contribution in [0.2, 0.25) is 65.0 Å². The van der Waals surface area contributed by atoms with Crippen molar-refractivity contribution in [3.8, 4) is 5.75 Å². The summed E-state index contributed by atoms with van der Waals surface area (Å²) in [6.07, 6.45) is -2.07. The maximum Gasteiger partial charge on any atom is 0.534 e. The summed E-state index contributed by atoms with van der Waals surface area (Å²) in [7, 11) is -9.17. The monoisotopic (exact) mass is 674 g/mol. The number of ether oxygens (including phenoxy) is 2. The minimum absolute atomic E-state index is 0.0662. The Morgan fingerprint density at radius 3 is 1.86 bits per heavy atom. The molecule has 2 amide bonds. The van der Waals surface area contributed by atoms with Crippen LogP contribution in [0.4, 0.5) is 10.5 Å². The minimum atomic E-state index is -3.06. The molecule has 1 aliphatic rings. The molecule has 1 atom stereocenters. The molecule has 0 aliphatic carbocycles. The Labute approximate surface area is 258 Å². The molecule has 0 spiro atoms. The van der Waals surface area contributed by atoms with E-state index < -0.39 is 62.8 Å². The van der Waals surface area contributed by atoms with Crippen LogP contribution < -0.4 is 4.74 Å². The number of amides is 2. The summed E-state index contributed by atoms with van der Waals surface area (Å²) in [5, 5.41) is 12.2. The molecular formula is C26H46N2O11Si4. The van der Waals surface area contributed by atoms with Gasteiger partial charge in [-0.2, -0.15) is 0 Å². The van der Waals surface area contributed by atoms with Crippen LogP contribution in [0, 0.1) is 17.0 Å². The molecule has 13 nitrogen and oxygen atoms in total. The zero-order valence-corrected chi connectivity index (χ0v) is 31.2. The lowest BCUT2D eigenvalue weighted by atomic mass is 10.0. The summed E-state index contributed by atoms with van der Waals surface area (Å²) in [6.45, 7) is 22.4. The lowest BCUT2D eigenvalue weighted by molar-refractivity contribution is -0.386. The zero-order valence-electron chi connectivity index (χ0n) is 27.2. The number of rotatable bonds is 15. The van der Waals surface area contributed by atoms with Gasteiger partial charge in [-0.3, -0.25) is 24.5 Å². The average molecular weight is 675 g/mol. The number of nitro groups is 1. The van der Waals surface area contributed by atoms with Gasteiger partial charge in [-0.1, -0.05) is 5.06 Å². The molecule has 0 aromatic heterocycles. The van der Waals surface area contributed by atoms with Gasteiger partial charge in [-0.25, -0.2) is 4.79 Å². The third-order valence-corrected chi connectivity index (χ3v) is 17.7. The fourth-order valence-corrected chi connectivity index (χ4v) is 19.0. The first kappa shape index (κ1) is 36.8. The van der Waals surface area contributed by atoms with Crippen molar-refractivity contribution in [3.63, 3.8) is 0 Å². The standard InChI is InChI=1S/C26H46N2O11Si4/c1-19-17-22(28(32)33)21(20(2)35-26(31)36-27-24(29)13-14-25(27)30)18-23(19)34-15-12-16-43(37-40(3,4)5,38-41(6,7)8)39-42(9,10)11/h17-18,20H,12-16H2,1-11H3. The van der Waals surface area contributed by atoms with Gasteiger partial charge in [0.05, 0.1) is 17.1 Å². The fraction of sp³-hybridized carbons (Fsp3) is 0.654. The van der Waals surface area contributed by atoms with Crippen LogP contribution >= 0.6 is 0 Å². The Bertz CT molecular complexity index is 1150. The fourth-order valence-electron chi connectivity index (χ4n) is 4.38. The van der Waals surface area contributed by atoms with Crippen LogP contribution in [-0.2, 0) is 31.5 Å². The van der Waals surface area contributed by atoms with Crippen molar-refractivity contribution in [3.05, 3.63) is 33.4 Å². The second-order valence-electron chi connectivity index (χ2n) is 13.4. The van der Waals surface area contributed by atoms with Gasteiger partial charge >= 0.3 is 15.0 Å². The Morgan fingerprint density at radius 2 is 1.42 bits per heavy atom. The molecule has 17 heteroatoms. The summed E-state index contributed by atoms with van der Waals surface area (Å²) in [5.74, 6) is -0.955. The lowest BCUT2D eigenvalue weighted by Crippen LogP contribution is -2.60. The Hall–Kier alpha value is -2.42. The molecule has 43 heavy (non-hydrogen) atoms. The quantitative estimate of drug-likeness (QED) is 0.0504. The first-order chi connectivity index (χ1) is 19.5. The van der Waals surface area contributed by atoms with Gasteiger partial charge in [-0.05, 0) is 90.8 Å². The van der Waals surface area contributed by atoms with E-state index in [4.69, 9.17) is 26.7 Å². The number of carbonyl (C=O) groups is 3. The van der Waals surface area contributed by atoms with E-state index in [9.17, 15) is 24.5 Å². The van der Waals surface area contributed by atoms with Crippen molar-refractivity contribution in [2.24, 2.45) is 0 Å². The molecule has 1 aromatic rings. The molecule has 1 unspecified atom stereocenters. The number of nitro benzene ring substituents is 1. The zero-order chi connectivity index (χ0) is 33.0. The van der Waals surface area contributed by atoms with E-state index in [0.29, 0.717) is 28.8 Å². The van der Waals surface area contributed by atoms with Crippen LogP contribution in [-0.4, -0.2) is 68.3 Å². The number of imide groups is 1. The van der Waals surface area contributed by atoms with Crippen molar-refractivity contribution in [1.29, 1.82) is 0 Å². The first-order valence-electron chi connectivity index (χ1n) is 14.3. The number of nitrogens with zero attached hydrogens (tertiary/aromatic N) is 2. The number of carbonyl (C=O) groups excluding carboxylic acids is 3. The van der Waals surface area contributed by atoms with Gasteiger partial charge < -0.3 is 21.8 Å². The normalized spacial score (nSPS) is 15.5. The third-order valence-electron chi connectivity index (χ3n) is 5.67. The van der Waals surface area contributed by atoms with Crippen LogP contribution in [0.5, 0.6) is 5.75 Å². The summed E-state index contributed by atoms with van der Waals surface area (Å²) < 4.78 is 31.4. The van der Waals surface area contributed by atoms with Crippen molar-refractivity contribution in [2.45, 2.75) is 104 Å². The number of hydroxylamine groups is 2. The van der Waals surface area contributed by atoms with Gasteiger partial charge in [0.1, 0.15) is 11.9 Å². The van der Waals surface area contributed by atoms with E-state index in [1.807, 2.05) is 0 Å². The van der Waals surface area contributed by atoms with E-state index >= 15 is 0 Å². The van der Waals surface area contributed by atoms with Gasteiger partial charge in [0.15, 0.2) is 25.0 Å². The molecule has 242 valence electrons. The molecule has 2 rings (SSSR count). The van der Waals surface area contributed by atoms with Crippen molar-refractivity contribution in [2.75, 3.05) is 6.61 Å². The maximum absolute atomic E-state index is 12.3. The predicted molar refractivity (Wildman–Crippen MR) is 169 cm³/mol. The second kappa shape index (κ2) is 14.1. The molecule has 1 saturated heterocycles. The third kappa shape index (κ3) is 11.9. The summed E-state index contributed by atoms with van der Waals surface area (Å²) in [5.41, 5.74) is 0.314. The molecule has 1 fully saturated rings. The molecule has 0 bridgehead atoms. The van der Waals surface area contributed by atoms with Crippen LogP contribution in [0.15, 0.2) is 12.1 Å². The van der Waals surface area contributed by atoms with Crippen molar-refractivity contribution >= 4 is 57.4 Å². The highest BCUT2D eigenvalue weighted by Gasteiger charge is 2.49. The highest BCUT2D eigenvalue weighted by molar-refractivity contribution is 6.90. The van der Waals surface area contributed by atoms with Gasteiger partial charge in [0, 0.05) is 25.0 Å². The molecular weight excluding hydrogens is 629 g/mol. The van der Waals surface area contributed by atoms with E-state index in [0.717, 1.165) is 0 Å².